The first kappa shape index (κ1) is 11.2. The van der Waals surface area contributed by atoms with Gasteiger partial charge in [-0.15, -0.1) is 0 Å². The third kappa shape index (κ3) is 3.05. The molecule has 0 saturated carbocycles. The van der Waals surface area contributed by atoms with Crippen LogP contribution in [0.2, 0.25) is 15.1 Å². The van der Waals surface area contributed by atoms with Gasteiger partial charge in [-0.05, 0) is 30.5 Å². The van der Waals surface area contributed by atoms with Gasteiger partial charge in [-0.1, -0.05) is 48.1 Å². The summed E-state index contributed by atoms with van der Waals surface area (Å²) in [7, 11) is 0. The summed E-state index contributed by atoms with van der Waals surface area (Å²) in [5, 5.41) is 1.81. The van der Waals surface area contributed by atoms with E-state index in [1.165, 1.54) is 0 Å². The van der Waals surface area contributed by atoms with Crippen molar-refractivity contribution in [3.05, 3.63) is 39.2 Å². The molecular formula is C10H10Cl3. The number of halogens is 3. The van der Waals surface area contributed by atoms with Gasteiger partial charge in [0.2, 0.25) is 0 Å². The first-order valence-corrected chi connectivity index (χ1v) is 5.26. The van der Waals surface area contributed by atoms with Gasteiger partial charge < -0.3 is 0 Å². The molecule has 0 heterocycles. The molecular weight excluding hydrogens is 226 g/mol. The minimum Gasteiger partial charge on any atom is -0.0842 e. The van der Waals surface area contributed by atoms with Gasteiger partial charge in [0.25, 0.3) is 0 Å². The van der Waals surface area contributed by atoms with Crippen LogP contribution < -0.4 is 0 Å². The average molecular weight is 237 g/mol. The lowest BCUT2D eigenvalue weighted by atomic mass is 10.1. The van der Waals surface area contributed by atoms with Crippen molar-refractivity contribution in [2.45, 2.75) is 19.8 Å². The maximum atomic E-state index is 5.97. The Bertz CT molecular complexity index is 271. The molecule has 0 bridgehead atoms. The third-order valence-electron chi connectivity index (χ3n) is 1.68. The zero-order chi connectivity index (χ0) is 9.84. The predicted octanol–water partition coefficient (Wildman–Crippen LogP) is 5.00. The van der Waals surface area contributed by atoms with Gasteiger partial charge in [0.15, 0.2) is 0 Å². The summed E-state index contributed by atoms with van der Waals surface area (Å²) in [6.45, 7) is 2.11. The number of rotatable bonds is 3. The number of unbranched alkanes of at least 4 members (excludes halogenated alkanes) is 1. The molecule has 0 nitrogen and oxygen atoms in total. The summed E-state index contributed by atoms with van der Waals surface area (Å²) in [6.07, 6.45) is 4.08. The quantitative estimate of drug-likeness (QED) is 0.693. The highest BCUT2D eigenvalue weighted by molar-refractivity contribution is 6.39. The van der Waals surface area contributed by atoms with Crippen LogP contribution in [0.3, 0.4) is 0 Å². The molecule has 0 saturated heterocycles. The summed E-state index contributed by atoms with van der Waals surface area (Å²) in [4.78, 5) is 0. The van der Waals surface area contributed by atoms with Gasteiger partial charge in [0.1, 0.15) is 0 Å². The van der Waals surface area contributed by atoms with E-state index >= 15 is 0 Å². The molecule has 0 aliphatic rings. The molecule has 1 aromatic carbocycles. The highest BCUT2D eigenvalue weighted by Gasteiger charge is 2.06. The predicted molar refractivity (Wildman–Crippen MR) is 59.8 cm³/mol. The molecule has 1 rings (SSSR count). The van der Waals surface area contributed by atoms with E-state index in [-0.39, 0.29) is 0 Å². The van der Waals surface area contributed by atoms with E-state index in [4.69, 9.17) is 34.8 Å². The summed E-state index contributed by atoms with van der Waals surface area (Å²) < 4.78 is 0. The molecule has 0 aliphatic carbocycles. The van der Waals surface area contributed by atoms with Crippen LogP contribution >= 0.6 is 34.8 Å². The third-order valence-corrected chi connectivity index (χ3v) is 2.52. The van der Waals surface area contributed by atoms with Crippen molar-refractivity contribution in [3.8, 4) is 0 Å². The molecule has 0 aliphatic heterocycles. The number of hydrogen-bond acceptors (Lipinski definition) is 0. The van der Waals surface area contributed by atoms with Gasteiger partial charge >= 0.3 is 0 Å². The normalized spacial score (nSPS) is 10.5. The molecule has 71 valence electrons. The maximum Gasteiger partial charge on any atom is 0.0470 e. The van der Waals surface area contributed by atoms with Gasteiger partial charge in [0.05, 0.1) is 0 Å². The van der Waals surface area contributed by atoms with Crippen LogP contribution in [0.15, 0.2) is 12.1 Å². The Balaban J connectivity index is 2.92. The van der Waals surface area contributed by atoms with Crippen LogP contribution in [-0.4, -0.2) is 0 Å². The molecule has 0 unspecified atom stereocenters. The van der Waals surface area contributed by atoms with E-state index in [9.17, 15) is 0 Å². The fraction of sp³-hybridized carbons (Fsp3) is 0.300. The minimum atomic E-state index is 0.573. The van der Waals surface area contributed by atoms with E-state index in [2.05, 4.69) is 6.92 Å². The zero-order valence-corrected chi connectivity index (χ0v) is 9.55. The molecule has 3 heteroatoms. The second-order valence-corrected chi connectivity index (χ2v) is 4.03. The Hall–Kier alpha value is 0.0900. The van der Waals surface area contributed by atoms with Gasteiger partial charge in [0, 0.05) is 15.1 Å². The molecule has 1 radical (unpaired) electrons. The van der Waals surface area contributed by atoms with Crippen LogP contribution in [0, 0.1) is 6.42 Å². The van der Waals surface area contributed by atoms with Crippen molar-refractivity contribution in [2.24, 2.45) is 0 Å². The van der Waals surface area contributed by atoms with Crippen LogP contribution in [0.1, 0.15) is 25.3 Å². The van der Waals surface area contributed by atoms with Crippen LogP contribution in [0.25, 0.3) is 0 Å². The largest absolute Gasteiger partial charge is 0.0842 e. The molecule has 0 aromatic heterocycles. The Kier molecular flexibility index (Phi) is 4.37. The van der Waals surface area contributed by atoms with Gasteiger partial charge in [-0.3, -0.25) is 0 Å². The Morgan fingerprint density at radius 3 is 2.15 bits per heavy atom. The summed E-state index contributed by atoms with van der Waals surface area (Å²) in [6, 6.07) is 3.41. The molecule has 1 aromatic rings. The highest BCUT2D eigenvalue weighted by Crippen LogP contribution is 2.30. The Morgan fingerprint density at radius 2 is 1.69 bits per heavy atom. The van der Waals surface area contributed by atoms with Crippen molar-refractivity contribution in [2.75, 3.05) is 0 Å². The van der Waals surface area contributed by atoms with E-state index in [1.54, 1.807) is 12.1 Å². The highest BCUT2D eigenvalue weighted by atomic mass is 35.5. The van der Waals surface area contributed by atoms with Gasteiger partial charge in [-0.2, -0.15) is 0 Å². The molecule has 0 fully saturated rings. The second-order valence-electron chi connectivity index (χ2n) is 2.78. The number of benzene rings is 1. The van der Waals surface area contributed by atoms with Crippen molar-refractivity contribution in [3.63, 3.8) is 0 Å². The Morgan fingerprint density at radius 1 is 1.15 bits per heavy atom. The first-order valence-electron chi connectivity index (χ1n) is 4.13. The monoisotopic (exact) mass is 235 g/mol. The lowest BCUT2D eigenvalue weighted by Crippen LogP contribution is -1.85. The first-order chi connectivity index (χ1) is 6.15. The maximum absolute atomic E-state index is 5.97. The van der Waals surface area contributed by atoms with Crippen LogP contribution in [-0.2, 0) is 0 Å². The van der Waals surface area contributed by atoms with Crippen LogP contribution in [0.5, 0.6) is 0 Å². The smallest absolute Gasteiger partial charge is 0.0470 e. The van der Waals surface area contributed by atoms with E-state index in [1.807, 2.05) is 6.42 Å². The van der Waals surface area contributed by atoms with E-state index in [0.717, 1.165) is 18.4 Å². The summed E-state index contributed by atoms with van der Waals surface area (Å²) in [5.41, 5.74) is 0.884. The SMILES string of the molecule is CCC[CH]c1c(Cl)cc(Cl)cc1Cl. The van der Waals surface area contributed by atoms with E-state index < -0.39 is 0 Å². The number of hydrogen-bond donors (Lipinski definition) is 0. The fourth-order valence-corrected chi connectivity index (χ4v) is 2.01. The fourth-order valence-electron chi connectivity index (χ4n) is 1.04. The molecule has 0 amide bonds. The minimum absolute atomic E-state index is 0.573. The average Bonchev–Trinajstić information content (AvgIpc) is 2.02. The topological polar surface area (TPSA) is 0 Å². The van der Waals surface area contributed by atoms with Crippen LogP contribution in [0.4, 0.5) is 0 Å². The molecule has 0 spiro atoms. The zero-order valence-electron chi connectivity index (χ0n) is 7.28. The second kappa shape index (κ2) is 5.09. The standard InChI is InChI=1S/C10H10Cl3/c1-2-3-4-8-9(12)5-7(11)6-10(8)13/h4-6H,2-3H2,1H3. The van der Waals surface area contributed by atoms with Crippen molar-refractivity contribution < 1.29 is 0 Å². The summed E-state index contributed by atoms with van der Waals surface area (Å²) >= 11 is 17.7. The summed E-state index contributed by atoms with van der Waals surface area (Å²) in [5.74, 6) is 0. The molecule has 0 N–H and O–H groups in total. The van der Waals surface area contributed by atoms with E-state index in [0.29, 0.717) is 15.1 Å². The lowest BCUT2D eigenvalue weighted by Gasteiger charge is -2.06. The van der Waals surface area contributed by atoms with Crippen molar-refractivity contribution in [1.29, 1.82) is 0 Å². The Labute approximate surface area is 93.8 Å². The molecule has 0 atom stereocenters. The van der Waals surface area contributed by atoms with Crippen molar-refractivity contribution in [1.82, 2.24) is 0 Å². The lowest BCUT2D eigenvalue weighted by molar-refractivity contribution is 0.914. The van der Waals surface area contributed by atoms with Crippen molar-refractivity contribution >= 4 is 34.8 Å². The van der Waals surface area contributed by atoms with Gasteiger partial charge in [-0.25, -0.2) is 0 Å². The molecule has 13 heavy (non-hydrogen) atoms.